The first-order valence-electron chi connectivity index (χ1n) is 7.87. The number of hydrogen-bond acceptors (Lipinski definition) is 1. The lowest BCUT2D eigenvalue weighted by atomic mass is 9.93. The first-order valence-corrected chi connectivity index (χ1v) is 8.66. The number of nitrogens with one attached hydrogen (secondary N) is 1. The summed E-state index contributed by atoms with van der Waals surface area (Å²) in [5, 5.41) is 2.27. The Kier molecular flexibility index (Phi) is 3.54. The molecule has 3 heteroatoms. The predicted molar refractivity (Wildman–Crippen MR) is 103 cm³/mol. The summed E-state index contributed by atoms with van der Waals surface area (Å²) in [7, 11) is 0. The van der Waals surface area contributed by atoms with Crippen molar-refractivity contribution in [2.75, 3.05) is 0 Å². The van der Waals surface area contributed by atoms with Crippen molar-refractivity contribution in [3.63, 3.8) is 0 Å². The van der Waals surface area contributed by atoms with Crippen LogP contribution in [0.1, 0.15) is 27.0 Å². The molecule has 0 bridgehead atoms. The van der Waals surface area contributed by atoms with Gasteiger partial charge in [0, 0.05) is 37.4 Å². The molecule has 0 saturated heterocycles. The molecule has 1 aromatic heterocycles. The molecule has 118 valence electrons. The molecular formula is C21H16BrNO. The quantitative estimate of drug-likeness (QED) is 0.431. The summed E-state index contributed by atoms with van der Waals surface area (Å²) in [5.74, 6) is 0.0717. The van der Waals surface area contributed by atoms with Crippen LogP contribution in [0.2, 0.25) is 0 Å². The average Bonchev–Trinajstić information content (AvgIpc) is 2.98. The molecule has 0 aliphatic rings. The highest BCUT2D eigenvalue weighted by Gasteiger charge is 2.18. The third kappa shape index (κ3) is 2.28. The standard InChI is InChI=1S/C21H16BrNO/c1-12-10-16(21(24)14-6-4-3-5-7-14)13(2)19-17-11-15(22)8-9-18(17)23-20(12)19/h3-11,23H,1-2H3. The molecule has 4 aromatic rings. The fourth-order valence-electron chi connectivity index (χ4n) is 3.36. The number of carbonyl (C=O) groups is 1. The van der Waals surface area contributed by atoms with Gasteiger partial charge in [-0.25, -0.2) is 0 Å². The zero-order valence-corrected chi connectivity index (χ0v) is 15.1. The third-order valence-corrected chi connectivity index (χ3v) is 5.07. The highest BCUT2D eigenvalue weighted by molar-refractivity contribution is 9.10. The minimum absolute atomic E-state index is 0.0717. The maximum Gasteiger partial charge on any atom is 0.193 e. The molecule has 2 nitrogen and oxygen atoms in total. The molecule has 3 aromatic carbocycles. The van der Waals surface area contributed by atoms with E-state index in [0.717, 1.165) is 48.5 Å². The second-order valence-electron chi connectivity index (χ2n) is 6.13. The molecule has 1 N–H and O–H groups in total. The molecule has 0 radical (unpaired) electrons. The van der Waals surface area contributed by atoms with E-state index in [1.54, 1.807) is 0 Å². The molecule has 0 aliphatic heterocycles. The normalized spacial score (nSPS) is 11.3. The van der Waals surface area contributed by atoms with Crippen molar-refractivity contribution in [1.29, 1.82) is 0 Å². The zero-order chi connectivity index (χ0) is 16.8. The van der Waals surface area contributed by atoms with Crippen molar-refractivity contribution in [3.05, 3.63) is 81.3 Å². The van der Waals surface area contributed by atoms with Crippen LogP contribution in [-0.2, 0) is 0 Å². The van der Waals surface area contributed by atoms with Crippen molar-refractivity contribution >= 4 is 43.5 Å². The van der Waals surface area contributed by atoms with Gasteiger partial charge in [0.05, 0.1) is 0 Å². The topological polar surface area (TPSA) is 32.9 Å². The van der Waals surface area contributed by atoms with E-state index < -0.39 is 0 Å². The van der Waals surface area contributed by atoms with Gasteiger partial charge in [-0.2, -0.15) is 0 Å². The van der Waals surface area contributed by atoms with Gasteiger partial charge < -0.3 is 4.98 Å². The smallest absolute Gasteiger partial charge is 0.193 e. The fraction of sp³-hybridized carbons (Fsp3) is 0.0952. The van der Waals surface area contributed by atoms with Crippen molar-refractivity contribution in [2.24, 2.45) is 0 Å². The minimum Gasteiger partial charge on any atom is -0.354 e. The molecule has 24 heavy (non-hydrogen) atoms. The van der Waals surface area contributed by atoms with Gasteiger partial charge >= 0.3 is 0 Å². The Hall–Kier alpha value is -2.39. The van der Waals surface area contributed by atoms with Crippen LogP contribution in [0, 0.1) is 13.8 Å². The summed E-state index contributed by atoms with van der Waals surface area (Å²) in [4.78, 5) is 16.5. The molecule has 0 amide bonds. The molecular weight excluding hydrogens is 362 g/mol. The van der Waals surface area contributed by atoms with E-state index >= 15 is 0 Å². The Balaban J connectivity index is 2.04. The van der Waals surface area contributed by atoms with Crippen LogP contribution in [0.4, 0.5) is 0 Å². The highest BCUT2D eigenvalue weighted by Crippen LogP contribution is 2.34. The predicted octanol–water partition coefficient (Wildman–Crippen LogP) is 5.93. The summed E-state index contributed by atoms with van der Waals surface area (Å²) in [5.41, 5.74) is 5.79. The van der Waals surface area contributed by atoms with Crippen molar-refractivity contribution < 1.29 is 4.79 Å². The van der Waals surface area contributed by atoms with Gasteiger partial charge in [0.15, 0.2) is 5.78 Å². The number of carbonyl (C=O) groups excluding carboxylic acids is 1. The zero-order valence-electron chi connectivity index (χ0n) is 13.5. The fourth-order valence-corrected chi connectivity index (χ4v) is 3.72. The van der Waals surface area contributed by atoms with Crippen LogP contribution in [0.15, 0.2) is 59.1 Å². The summed E-state index contributed by atoms with van der Waals surface area (Å²) >= 11 is 3.55. The molecule has 1 heterocycles. The van der Waals surface area contributed by atoms with Gasteiger partial charge in [-0.3, -0.25) is 4.79 Å². The largest absolute Gasteiger partial charge is 0.354 e. The Labute approximate surface area is 148 Å². The lowest BCUT2D eigenvalue weighted by Crippen LogP contribution is -2.04. The lowest BCUT2D eigenvalue weighted by molar-refractivity contribution is 0.103. The molecule has 0 unspecified atom stereocenters. The number of ketones is 1. The number of halogens is 1. The molecule has 0 atom stereocenters. The highest BCUT2D eigenvalue weighted by atomic mass is 79.9. The van der Waals surface area contributed by atoms with E-state index in [9.17, 15) is 4.79 Å². The van der Waals surface area contributed by atoms with Crippen LogP contribution in [0.3, 0.4) is 0 Å². The van der Waals surface area contributed by atoms with Crippen LogP contribution < -0.4 is 0 Å². The summed E-state index contributed by atoms with van der Waals surface area (Å²) in [6, 6.07) is 17.7. The third-order valence-electron chi connectivity index (χ3n) is 4.58. The number of rotatable bonds is 2. The number of aromatic nitrogens is 1. The molecule has 0 fully saturated rings. The van der Waals surface area contributed by atoms with E-state index in [0.29, 0.717) is 0 Å². The second-order valence-corrected chi connectivity index (χ2v) is 7.04. The number of H-pyrrole nitrogens is 1. The van der Waals surface area contributed by atoms with Crippen LogP contribution in [0.25, 0.3) is 21.8 Å². The van der Waals surface area contributed by atoms with Gasteiger partial charge in [-0.15, -0.1) is 0 Å². The number of hydrogen-bond donors (Lipinski definition) is 1. The number of aromatic amines is 1. The Bertz CT molecular complexity index is 1090. The number of aryl methyl sites for hydroxylation is 2. The van der Waals surface area contributed by atoms with E-state index in [1.807, 2.05) is 56.3 Å². The minimum atomic E-state index is 0.0717. The molecule has 0 aliphatic carbocycles. The molecule has 0 saturated carbocycles. The van der Waals surface area contributed by atoms with E-state index in [-0.39, 0.29) is 5.78 Å². The van der Waals surface area contributed by atoms with Gasteiger partial charge in [-0.1, -0.05) is 46.3 Å². The summed E-state index contributed by atoms with van der Waals surface area (Å²) in [6.07, 6.45) is 0. The van der Waals surface area contributed by atoms with Crippen LogP contribution in [-0.4, -0.2) is 10.8 Å². The van der Waals surface area contributed by atoms with Gasteiger partial charge in [0.2, 0.25) is 0 Å². The average molecular weight is 378 g/mol. The first-order chi connectivity index (χ1) is 11.6. The van der Waals surface area contributed by atoms with Gasteiger partial charge in [-0.05, 0) is 49.2 Å². The van der Waals surface area contributed by atoms with E-state index in [2.05, 4.69) is 33.0 Å². The molecule has 0 spiro atoms. The SMILES string of the molecule is Cc1cc(C(=O)c2ccccc2)c(C)c2c1[nH]c1ccc(Br)cc12. The second kappa shape index (κ2) is 5.60. The summed E-state index contributed by atoms with van der Waals surface area (Å²) < 4.78 is 1.03. The van der Waals surface area contributed by atoms with E-state index in [4.69, 9.17) is 0 Å². The Morgan fingerprint density at radius 3 is 2.50 bits per heavy atom. The number of benzene rings is 3. The van der Waals surface area contributed by atoms with Crippen molar-refractivity contribution in [2.45, 2.75) is 13.8 Å². The maximum atomic E-state index is 13.0. The van der Waals surface area contributed by atoms with Crippen LogP contribution >= 0.6 is 15.9 Å². The maximum absolute atomic E-state index is 13.0. The van der Waals surface area contributed by atoms with Crippen molar-refractivity contribution in [1.82, 2.24) is 4.98 Å². The Morgan fingerprint density at radius 1 is 1.00 bits per heavy atom. The molecule has 4 rings (SSSR count). The van der Waals surface area contributed by atoms with Gasteiger partial charge in [0.1, 0.15) is 0 Å². The van der Waals surface area contributed by atoms with Gasteiger partial charge in [0.25, 0.3) is 0 Å². The van der Waals surface area contributed by atoms with Crippen LogP contribution in [0.5, 0.6) is 0 Å². The monoisotopic (exact) mass is 377 g/mol. The lowest BCUT2D eigenvalue weighted by Gasteiger charge is -2.09. The first kappa shape index (κ1) is 15.2. The summed E-state index contributed by atoms with van der Waals surface area (Å²) in [6.45, 7) is 4.08. The number of fused-ring (bicyclic) bond motifs is 3. The van der Waals surface area contributed by atoms with E-state index in [1.165, 1.54) is 0 Å². The Morgan fingerprint density at radius 2 is 1.75 bits per heavy atom. The van der Waals surface area contributed by atoms with Crippen molar-refractivity contribution in [3.8, 4) is 0 Å².